The zero-order valence-electron chi connectivity index (χ0n) is 13.9. The van der Waals surface area contributed by atoms with Crippen LogP contribution in [0.4, 0.5) is 16.2 Å². The van der Waals surface area contributed by atoms with Gasteiger partial charge in [-0.3, -0.25) is 10.1 Å². The molecule has 0 unspecified atom stereocenters. The number of carbonyl (C=O) groups is 1. The molecule has 0 fully saturated rings. The predicted molar refractivity (Wildman–Crippen MR) is 94.0 cm³/mol. The number of nitrogens with zero attached hydrogens (tertiary/aromatic N) is 2. The number of hydrogen-bond acceptors (Lipinski definition) is 3. The largest absolute Gasteiger partial charge is 0.322 e. The van der Waals surface area contributed by atoms with E-state index in [1.807, 2.05) is 37.3 Å². The Hall–Kier alpha value is -2.89. The van der Waals surface area contributed by atoms with Crippen molar-refractivity contribution in [2.24, 2.45) is 0 Å². The van der Waals surface area contributed by atoms with Crippen molar-refractivity contribution in [1.82, 2.24) is 4.90 Å². The minimum Gasteiger partial charge on any atom is -0.320 e. The fraction of sp³-hybridized carbons (Fsp3) is 0.278. The SMILES string of the molecule is CCCN(Cc1ccccc1)C(=O)Nc1ccc(C)c([N+](=O)[O-])c1. The topological polar surface area (TPSA) is 75.5 Å². The van der Waals surface area contributed by atoms with Gasteiger partial charge in [-0.15, -0.1) is 0 Å². The van der Waals surface area contributed by atoms with E-state index in [2.05, 4.69) is 5.32 Å². The van der Waals surface area contributed by atoms with E-state index in [0.717, 1.165) is 12.0 Å². The normalized spacial score (nSPS) is 10.2. The van der Waals surface area contributed by atoms with Crippen molar-refractivity contribution in [1.29, 1.82) is 0 Å². The molecule has 0 heterocycles. The van der Waals surface area contributed by atoms with Crippen molar-refractivity contribution in [2.75, 3.05) is 11.9 Å². The van der Waals surface area contributed by atoms with Crippen LogP contribution in [0.15, 0.2) is 48.5 Å². The van der Waals surface area contributed by atoms with Crippen LogP contribution in [0, 0.1) is 17.0 Å². The summed E-state index contributed by atoms with van der Waals surface area (Å²) in [5.41, 5.74) is 2.02. The van der Waals surface area contributed by atoms with Crippen LogP contribution in [0.3, 0.4) is 0 Å². The van der Waals surface area contributed by atoms with Crippen LogP contribution >= 0.6 is 0 Å². The van der Waals surface area contributed by atoms with Gasteiger partial charge in [-0.25, -0.2) is 4.79 Å². The van der Waals surface area contributed by atoms with Crippen molar-refractivity contribution < 1.29 is 9.72 Å². The molecule has 1 N–H and O–H groups in total. The Bertz CT molecular complexity index is 717. The van der Waals surface area contributed by atoms with Gasteiger partial charge >= 0.3 is 6.03 Å². The zero-order valence-corrected chi connectivity index (χ0v) is 13.9. The second-order valence-corrected chi connectivity index (χ2v) is 5.60. The second kappa shape index (κ2) is 8.10. The Morgan fingerprint density at radius 1 is 1.21 bits per heavy atom. The maximum Gasteiger partial charge on any atom is 0.322 e. The Kier molecular flexibility index (Phi) is 5.89. The molecule has 0 aliphatic carbocycles. The third kappa shape index (κ3) is 4.55. The average molecular weight is 327 g/mol. The molecule has 0 aliphatic heterocycles. The molecule has 2 aromatic carbocycles. The minimum atomic E-state index is -0.446. The monoisotopic (exact) mass is 327 g/mol. The molecule has 24 heavy (non-hydrogen) atoms. The Morgan fingerprint density at radius 2 is 1.92 bits per heavy atom. The van der Waals surface area contributed by atoms with Crippen LogP contribution in [-0.2, 0) is 6.54 Å². The molecule has 0 aliphatic rings. The van der Waals surface area contributed by atoms with Crippen LogP contribution in [-0.4, -0.2) is 22.4 Å². The van der Waals surface area contributed by atoms with Gasteiger partial charge in [0.2, 0.25) is 0 Å². The van der Waals surface area contributed by atoms with Crippen LogP contribution in [0.2, 0.25) is 0 Å². The molecule has 0 aromatic heterocycles. The predicted octanol–water partition coefficient (Wildman–Crippen LogP) is 4.35. The van der Waals surface area contributed by atoms with Gasteiger partial charge in [0, 0.05) is 30.4 Å². The summed E-state index contributed by atoms with van der Waals surface area (Å²) in [7, 11) is 0. The standard InChI is InChI=1S/C18H21N3O3/c1-3-11-20(13-15-7-5-4-6-8-15)18(22)19-16-10-9-14(2)17(12-16)21(23)24/h4-10,12H,3,11,13H2,1-2H3,(H,19,22). The highest BCUT2D eigenvalue weighted by Gasteiger charge is 2.16. The lowest BCUT2D eigenvalue weighted by molar-refractivity contribution is -0.385. The van der Waals surface area contributed by atoms with Crippen LogP contribution in [0.5, 0.6) is 0 Å². The number of nitro groups is 1. The molecule has 126 valence electrons. The third-order valence-corrected chi connectivity index (χ3v) is 3.65. The molecule has 2 amide bonds. The summed E-state index contributed by atoms with van der Waals surface area (Å²) in [5.74, 6) is 0. The van der Waals surface area contributed by atoms with Crippen LogP contribution in [0.25, 0.3) is 0 Å². The number of urea groups is 1. The number of hydrogen-bond donors (Lipinski definition) is 1. The van der Waals surface area contributed by atoms with Gasteiger partial charge in [-0.05, 0) is 25.0 Å². The lowest BCUT2D eigenvalue weighted by Gasteiger charge is -2.22. The maximum atomic E-state index is 12.5. The maximum absolute atomic E-state index is 12.5. The number of benzene rings is 2. The van der Waals surface area contributed by atoms with Gasteiger partial charge in [0.25, 0.3) is 5.69 Å². The smallest absolute Gasteiger partial charge is 0.320 e. The molecule has 0 saturated carbocycles. The van der Waals surface area contributed by atoms with Crippen molar-refractivity contribution in [2.45, 2.75) is 26.8 Å². The van der Waals surface area contributed by atoms with E-state index in [4.69, 9.17) is 0 Å². The first-order chi connectivity index (χ1) is 11.5. The molecule has 2 rings (SSSR count). The summed E-state index contributed by atoms with van der Waals surface area (Å²) < 4.78 is 0. The summed E-state index contributed by atoms with van der Waals surface area (Å²) in [5, 5.41) is 13.8. The minimum absolute atomic E-state index is 0.00194. The van der Waals surface area contributed by atoms with Crippen LogP contribution in [0.1, 0.15) is 24.5 Å². The fourth-order valence-electron chi connectivity index (χ4n) is 2.41. The van der Waals surface area contributed by atoms with Gasteiger partial charge in [-0.2, -0.15) is 0 Å². The van der Waals surface area contributed by atoms with Crippen molar-refractivity contribution >= 4 is 17.4 Å². The second-order valence-electron chi connectivity index (χ2n) is 5.60. The molecule has 0 spiro atoms. The molecular weight excluding hydrogens is 306 g/mol. The number of anilines is 1. The quantitative estimate of drug-likeness (QED) is 0.633. The highest BCUT2D eigenvalue weighted by Crippen LogP contribution is 2.22. The van der Waals surface area contributed by atoms with Gasteiger partial charge in [0.1, 0.15) is 0 Å². The molecule has 6 nitrogen and oxygen atoms in total. The molecule has 0 bridgehead atoms. The molecule has 6 heteroatoms. The summed E-state index contributed by atoms with van der Waals surface area (Å²) in [6.07, 6.45) is 0.828. The van der Waals surface area contributed by atoms with Crippen molar-refractivity contribution in [3.63, 3.8) is 0 Å². The lowest BCUT2D eigenvalue weighted by atomic mass is 10.2. The first kappa shape index (κ1) is 17.5. The zero-order chi connectivity index (χ0) is 17.5. The number of aryl methyl sites for hydroxylation is 1. The van der Waals surface area contributed by atoms with E-state index < -0.39 is 4.92 Å². The van der Waals surface area contributed by atoms with E-state index in [1.165, 1.54) is 6.07 Å². The van der Waals surface area contributed by atoms with Crippen molar-refractivity contribution in [3.8, 4) is 0 Å². The van der Waals surface area contributed by atoms with Crippen molar-refractivity contribution in [3.05, 3.63) is 69.8 Å². The van der Waals surface area contributed by atoms with Gasteiger partial charge < -0.3 is 10.2 Å². The summed E-state index contributed by atoms with van der Waals surface area (Å²) >= 11 is 0. The first-order valence-corrected chi connectivity index (χ1v) is 7.86. The van der Waals surface area contributed by atoms with Gasteiger partial charge in [-0.1, -0.05) is 43.3 Å². The number of amides is 2. The molecular formula is C18H21N3O3. The van der Waals surface area contributed by atoms with Gasteiger partial charge in [0.15, 0.2) is 0 Å². The van der Waals surface area contributed by atoms with E-state index in [9.17, 15) is 14.9 Å². The third-order valence-electron chi connectivity index (χ3n) is 3.65. The Morgan fingerprint density at radius 3 is 2.54 bits per heavy atom. The number of carbonyl (C=O) groups excluding carboxylic acids is 1. The molecule has 0 atom stereocenters. The average Bonchev–Trinajstić information content (AvgIpc) is 2.57. The number of nitrogens with one attached hydrogen (secondary N) is 1. The van der Waals surface area contributed by atoms with E-state index >= 15 is 0 Å². The molecule has 2 aromatic rings. The lowest BCUT2D eigenvalue weighted by Crippen LogP contribution is -2.35. The number of nitro benzene ring substituents is 1. The van der Waals surface area contributed by atoms with E-state index in [1.54, 1.807) is 24.0 Å². The number of rotatable bonds is 6. The highest BCUT2D eigenvalue weighted by atomic mass is 16.6. The molecule has 0 radical (unpaired) electrons. The highest BCUT2D eigenvalue weighted by molar-refractivity contribution is 5.89. The Labute approximate surface area is 141 Å². The summed E-state index contributed by atoms with van der Waals surface area (Å²) in [4.78, 5) is 24.8. The summed E-state index contributed by atoms with van der Waals surface area (Å²) in [6.45, 7) is 4.77. The van der Waals surface area contributed by atoms with E-state index in [-0.39, 0.29) is 11.7 Å². The fourth-order valence-corrected chi connectivity index (χ4v) is 2.41. The molecule has 0 saturated heterocycles. The van der Waals surface area contributed by atoms with E-state index in [0.29, 0.717) is 24.3 Å². The first-order valence-electron chi connectivity index (χ1n) is 7.86. The summed E-state index contributed by atoms with van der Waals surface area (Å²) in [6, 6.07) is 14.2. The Balaban J connectivity index is 2.13. The van der Waals surface area contributed by atoms with Gasteiger partial charge in [0.05, 0.1) is 4.92 Å². The van der Waals surface area contributed by atoms with Crippen LogP contribution < -0.4 is 5.32 Å².